The Morgan fingerprint density at radius 2 is 1.86 bits per heavy atom. The summed E-state index contributed by atoms with van der Waals surface area (Å²) in [4.78, 5) is 4.62. The number of aryl methyl sites for hydroxylation is 2. The number of hydrogen-bond donors (Lipinski definition) is 0. The predicted molar refractivity (Wildman–Crippen MR) is 112 cm³/mol. The molecular formula is C21H19N3O2S2. The molecule has 0 unspecified atom stereocenters. The highest BCUT2D eigenvalue weighted by molar-refractivity contribution is 7.98. The standard InChI is InChI=1S/C21H19N3O2S2/c1-14-7-9-17(10-8-14)25-11-19-22-16(12-27-19)13-28-21-24-23-20(26-21)18-6-4-3-5-15(18)2/h3-10,12H,11,13H2,1-2H3. The van der Waals surface area contributed by atoms with E-state index in [0.29, 0.717) is 23.5 Å². The molecule has 2 heterocycles. The Hall–Kier alpha value is -2.64. The van der Waals surface area contributed by atoms with Crippen LogP contribution in [0.4, 0.5) is 0 Å². The maximum Gasteiger partial charge on any atom is 0.277 e. The second-order valence-electron chi connectivity index (χ2n) is 6.31. The molecule has 0 aliphatic heterocycles. The highest BCUT2D eigenvalue weighted by atomic mass is 32.2. The van der Waals surface area contributed by atoms with E-state index >= 15 is 0 Å². The molecule has 0 amide bonds. The van der Waals surface area contributed by atoms with Crippen LogP contribution in [0.25, 0.3) is 11.5 Å². The molecule has 0 aliphatic rings. The molecule has 4 rings (SSSR count). The third-order valence-corrected chi connectivity index (χ3v) is 5.83. The van der Waals surface area contributed by atoms with Gasteiger partial charge >= 0.3 is 0 Å². The Morgan fingerprint density at radius 3 is 2.68 bits per heavy atom. The summed E-state index contributed by atoms with van der Waals surface area (Å²) < 4.78 is 11.6. The fourth-order valence-corrected chi connectivity index (χ4v) is 4.05. The number of aromatic nitrogens is 3. The fourth-order valence-electron chi connectivity index (χ4n) is 2.59. The zero-order valence-electron chi connectivity index (χ0n) is 15.6. The minimum absolute atomic E-state index is 0.469. The number of thioether (sulfide) groups is 1. The molecule has 0 radical (unpaired) electrons. The maximum absolute atomic E-state index is 5.79. The minimum atomic E-state index is 0.469. The first-order chi connectivity index (χ1) is 13.7. The molecule has 5 nitrogen and oxygen atoms in total. The highest BCUT2D eigenvalue weighted by Crippen LogP contribution is 2.28. The number of ether oxygens (including phenoxy) is 1. The molecule has 0 N–H and O–H groups in total. The van der Waals surface area contributed by atoms with Crippen LogP contribution in [0.5, 0.6) is 5.75 Å². The average Bonchev–Trinajstić information content (AvgIpc) is 3.36. The van der Waals surface area contributed by atoms with Crippen LogP contribution in [0.1, 0.15) is 21.8 Å². The van der Waals surface area contributed by atoms with E-state index in [-0.39, 0.29) is 0 Å². The van der Waals surface area contributed by atoms with E-state index in [1.807, 2.05) is 60.8 Å². The highest BCUT2D eigenvalue weighted by Gasteiger charge is 2.12. The van der Waals surface area contributed by atoms with Crippen molar-refractivity contribution >= 4 is 23.1 Å². The summed E-state index contributed by atoms with van der Waals surface area (Å²) in [6.07, 6.45) is 0. The van der Waals surface area contributed by atoms with E-state index in [1.165, 1.54) is 17.3 Å². The number of benzene rings is 2. The Balaban J connectivity index is 1.32. The van der Waals surface area contributed by atoms with Crippen molar-refractivity contribution in [3.8, 4) is 17.2 Å². The Kier molecular flexibility index (Phi) is 5.73. The largest absolute Gasteiger partial charge is 0.486 e. The van der Waals surface area contributed by atoms with Crippen LogP contribution in [0.2, 0.25) is 0 Å². The molecule has 0 saturated heterocycles. The fraction of sp³-hybridized carbons (Fsp3) is 0.190. The van der Waals surface area contributed by atoms with Crippen molar-refractivity contribution in [2.45, 2.75) is 31.4 Å². The molecular weight excluding hydrogens is 390 g/mol. The molecule has 28 heavy (non-hydrogen) atoms. The summed E-state index contributed by atoms with van der Waals surface area (Å²) in [5, 5.41) is 11.8. The Morgan fingerprint density at radius 1 is 1.04 bits per heavy atom. The van der Waals surface area contributed by atoms with Gasteiger partial charge < -0.3 is 9.15 Å². The lowest BCUT2D eigenvalue weighted by Crippen LogP contribution is -1.95. The number of thiazole rings is 1. The summed E-state index contributed by atoms with van der Waals surface area (Å²) in [5.41, 5.74) is 4.27. The van der Waals surface area contributed by atoms with Crippen molar-refractivity contribution in [1.82, 2.24) is 15.2 Å². The minimum Gasteiger partial charge on any atom is -0.486 e. The van der Waals surface area contributed by atoms with Gasteiger partial charge in [-0.05, 0) is 37.6 Å². The van der Waals surface area contributed by atoms with Gasteiger partial charge in [-0.25, -0.2) is 4.98 Å². The summed E-state index contributed by atoms with van der Waals surface area (Å²) in [7, 11) is 0. The van der Waals surface area contributed by atoms with Crippen LogP contribution < -0.4 is 4.74 Å². The van der Waals surface area contributed by atoms with Crippen molar-refractivity contribution in [2.24, 2.45) is 0 Å². The molecule has 0 spiro atoms. The first-order valence-corrected chi connectivity index (χ1v) is 10.7. The van der Waals surface area contributed by atoms with Crippen LogP contribution in [0.15, 0.2) is 63.6 Å². The molecule has 0 fully saturated rings. The third kappa shape index (κ3) is 4.61. The van der Waals surface area contributed by atoms with Gasteiger partial charge in [-0.2, -0.15) is 0 Å². The lowest BCUT2D eigenvalue weighted by atomic mass is 10.1. The van der Waals surface area contributed by atoms with Gasteiger partial charge in [0.1, 0.15) is 17.4 Å². The average molecular weight is 410 g/mol. The van der Waals surface area contributed by atoms with Gasteiger partial charge in [0.15, 0.2) is 0 Å². The van der Waals surface area contributed by atoms with Crippen molar-refractivity contribution in [3.05, 3.63) is 75.7 Å². The zero-order valence-corrected chi connectivity index (χ0v) is 17.2. The second kappa shape index (κ2) is 8.58. The predicted octanol–water partition coefficient (Wildman–Crippen LogP) is 5.68. The number of hydrogen-bond acceptors (Lipinski definition) is 7. The Bertz CT molecular complexity index is 1060. The number of nitrogens with zero attached hydrogens (tertiary/aromatic N) is 3. The van der Waals surface area contributed by atoms with Gasteiger partial charge in [0.25, 0.3) is 5.22 Å². The SMILES string of the molecule is Cc1ccc(OCc2nc(CSc3nnc(-c4ccccc4C)o3)cs2)cc1. The molecule has 142 valence electrons. The van der Waals surface area contributed by atoms with Gasteiger partial charge in [0.2, 0.25) is 5.89 Å². The van der Waals surface area contributed by atoms with Gasteiger partial charge in [-0.1, -0.05) is 47.7 Å². The molecule has 0 aliphatic carbocycles. The van der Waals surface area contributed by atoms with Crippen molar-refractivity contribution in [3.63, 3.8) is 0 Å². The molecule has 0 atom stereocenters. The smallest absolute Gasteiger partial charge is 0.277 e. The quantitative estimate of drug-likeness (QED) is 0.366. The van der Waals surface area contributed by atoms with E-state index in [2.05, 4.69) is 22.1 Å². The van der Waals surface area contributed by atoms with Crippen LogP contribution >= 0.6 is 23.1 Å². The molecule has 4 aromatic rings. The third-order valence-electron chi connectivity index (χ3n) is 4.11. The topological polar surface area (TPSA) is 61.0 Å². The van der Waals surface area contributed by atoms with E-state index in [1.54, 1.807) is 11.3 Å². The van der Waals surface area contributed by atoms with Crippen molar-refractivity contribution < 1.29 is 9.15 Å². The first kappa shape index (κ1) is 18.7. The van der Waals surface area contributed by atoms with Crippen LogP contribution in [0, 0.1) is 13.8 Å². The normalized spacial score (nSPS) is 10.9. The first-order valence-electron chi connectivity index (χ1n) is 8.82. The second-order valence-corrected chi connectivity index (χ2v) is 8.18. The molecule has 7 heteroatoms. The van der Waals surface area contributed by atoms with Crippen LogP contribution in [0.3, 0.4) is 0 Å². The van der Waals surface area contributed by atoms with E-state index in [4.69, 9.17) is 9.15 Å². The lowest BCUT2D eigenvalue weighted by molar-refractivity contribution is 0.305. The monoisotopic (exact) mass is 409 g/mol. The van der Waals surface area contributed by atoms with E-state index < -0.39 is 0 Å². The molecule has 0 bridgehead atoms. The van der Waals surface area contributed by atoms with Gasteiger partial charge in [-0.15, -0.1) is 21.5 Å². The zero-order chi connectivity index (χ0) is 19.3. The number of rotatable bonds is 7. The summed E-state index contributed by atoms with van der Waals surface area (Å²) >= 11 is 3.08. The molecule has 0 saturated carbocycles. The summed E-state index contributed by atoms with van der Waals surface area (Å²) in [5.74, 6) is 2.08. The van der Waals surface area contributed by atoms with Gasteiger partial charge in [0, 0.05) is 16.7 Å². The van der Waals surface area contributed by atoms with Crippen LogP contribution in [-0.2, 0) is 12.4 Å². The lowest BCUT2D eigenvalue weighted by Gasteiger charge is -2.03. The van der Waals surface area contributed by atoms with Gasteiger partial charge in [-0.3, -0.25) is 0 Å². The van der Waals surface area contributed by atoms with Crippen molar-refractivity contribution in [1.29, 1.82) is 0 Å². The maximum atomic E-state index is 5.79. The van der Waals surface area contributed by atoms with Crippen LogP contribution in [-0.4, -0.2) is 15.2 Å². The van der Waals surface area contributed by atoms with Crippen molar-refractivity contribution in [2.75, 3.05) is 0 Å². The molecule has 2 aromatic heterocycles. The van der Waals surface area contributed by atoms with E-state index in [0.717, 1.165) is 27.6 Å². The van der Waals surface area contributed by atoms with Gasteiger partial charge in [0.05, 0.1) is 5.69 Å². The summed E-state index contributed by atoms with van der Waals surface area (Å²) in [6.45, 7) is 4.56. The Labute approximate surface area is 171 Å². The molecule has 2 aromatic carbocycles. The van der Waals surface area contributed by atoms with E-state index in [9.17, 15) is 0 Å². The summed E-state index contributed by atoms with van der Waals surface area (Å²) in [6, 6.07) is 16.0.